The summed E-state index contributed by atoms with van der Waals surface area (Å²) in [5, 5.41) is 0.671. The van der Waals surface area contributed by atoms with Gasteiger partial charge in [-0.05, 0) is 12.1 Å². The molecule has 0 spiro atoms. The molecule has 1 aliphatic rings. The van der Waals surface area contributed by atoms with Gasteiger partial charge in [0.2, 0.25) is 0 Å². The minimum absolute atomic E-state index is 0.0263. The number of benzene rings is 2. The molecule has 0 saturated carbocycles. The summed E-state index contributed by atoms with van der Waals surface area (Å²) in [6.07, 6.45) is 0. The Morgan fingerprint density at radius 3 is 2.50 bits per heavy atom. The van der Waals surface area contributed by atoms with Gasteiger partial charge >= 0.3 is 0 Å². The molecule has 1 fully saturated rings. The summed E-state index contributed by atoms with van der Waals surface area (Å²) in [5.41, 5.74) is 1.74. The van der Waals surface area contributed by atoms with Crippen LogP contribution in [-0.2, 0) is 11.4 Å². The van der Waals surface area contributed by atoms with Gasteiger partial charge in [0.05, 0.1) is 24.1 Å². The second-order valence-electron chi connectivity index (χ2n) is 6.07. The summed E-state index contributed by atoms with van der Waals surface area (Å²) in [4.78, 5) is 19.2. The van der Waals surface area contributed by atoms with Gasteiger partial charge in [-0.25, -0.2) is 9.55 Å². The Morgan fingerprint density at radius 1 is 1.00 bits per heavy atom. The predicted molar refractivity (Wildman–Crippen MR) is 93.0 cm³/mol. The van der Waals surface area contributed by atoms with Crippen molar-refractivity contribution < 1.29 is 9.64 Å². The molecule has 5 nitrogen and oxygen atoms in total. The Hall–Kier alpha value is -2.50. The molecule has 1 N–H and O–H groups in total. The van der Waals surface area contributed by atoms with Gasteiger partial charge < -0.3 is 9.64 Å². The van der Waals surface area contributed by atoms with Crippen LogP contribution in [0.1, 0.15) is 0 Å². The molecule has 5 heteroatoms. The fourth-order valence-corrected chi connectivity index (χ4v) is 3.16. The van der Waals surface area contributed by atoms with E-state index in [-0.39, 0.29) is 5.56 Å². The second kappa shape index (κ2) is 6.55. The van der Waals surface area contributed by atoms with Crippen LogP contribution in [0.3, 0.4) is 0 Å². The van der Waals surface area contributed by atoms with E-state index in [1.807, 2.05) is 59.2 Å². The molecule has 24 heavy (non-hydrogen) atoms. The van der Waals surface area contributed by atoms with Crippen molar-refractivity contribution in [2.75, 3.05) is 26.3 Å². The third kappa shape index (κ3) is 2.84. The number of quaternary nitrogens is 1. The van der Waals surface area contributed by atoms with Crippen molar-refractivity contribution in [2.45, 2.75) is 6.67 Å². The lowest BCUT2D eigenvalue weighted by atomic mass is 10.2. The smallest absolute Gasteiger partial charge is 0.266 e. The number of para-hydroxylation sites is 1. The summed E-state index contributed by atoms with van der Waals surface area (Å²) < 4.78 is 7.25. The number of ether oxygens (including phenoxy) is 1. The molecule has 1 aliphatic heterocycles. The van der Waals surface area contributed by atoms with E-state index < -0.39 is 0 Å². The maximum absolute atomic E-state index is 13.1. The van der Waals surface area contributed by atoms with Crippen LogP contribution >= 0.6 is 0 Å². The molecular weight excluding hydrogens is 302 g/mol. The Morgan fingerprint density at radius 2 is 1.71 bits per heavy atom. The number of hydrogen-bond donors (Lipinski definition) is 1. The molecule has 1 saturated heterocycles. The number of rotatable bonds is 3. The molecule has 122 valence electrons. The molecule has 1 aromatic heterocycles. The molecule has 0 aliphatic carbocycles. The summed E-state index contributed by atoms with van der Waals surface area (Å²) in [7, 11) is 0. The third-order valence-electron chi connectivity index (χ3n) is 4.48. The van der Waals surface area contributed by atoms with E-state index in [4.69, 9.17) is 9.72 Å². The van der Waals surface area contributed by atoms with E-state index in [0.29, 0.717) is 12.1 Å². The van der Waals surface area contributed by atoms with Crippen molar-refractivity contribution in [3.8, 4) is 11.4 Å². The zero-order valence-corrected chi connectivity index (χ0v) is 13.4. The van der Waals surface area contributed by atoms with Crippen LogP contribution in [0.25, 0.3) is 22.3 Å². The van der Waals surface area contributed by atoms with Crippen LogP contribution in [0.15, 0.2) is 59.4 Å². The van der Waals surface area contributed by atoms with Crippen LogP contribution in [0.4, 0.5) is 0 Å². The van der Waals surface area contributed by atoms with E-state index in [9.17, 15) is 4.79 Å². The van der Waals surface area contributed by atoms with Crippen molar-refractivity contribution in [3.63, 3.8) is 0 Å². The lowest BCUT2D eigenvalue weighted by molar-refractivity contribution is -0.930. The van der Waals surface area contributed by atoms with Crippen molar-refractivity contribution in [1.82, 2.24) is 9.55 Å². The first-order chi connectivity index (χ1) is 11.8. The fraction of sp³-hybridized carbons (Fsp3) is 0.263. The average Bonchev–Trinajstić information content (AvgIpc) is 2.65. The number of nitrogens with zero attached hydrogens (tertiary/aromatic N) is 2. The minimum atomic E-state index is 0.0263. The van der Waals surface area contributed by atoms with E-state index in [1.54, 1.807) is 0 Å². The van der Waals surface area contributed by atoms with Crippen molar-refractivity contribution in [1.29, 1.82) is 0 Å². The zero-order chi connectivity index (χ0) is 16.4. The van der Waals surface area contributed by atoms with Crippen LogP contribution in [-0.4, -0.2) is 35.9 Å². The van der Waals surface area contributed by atoms with Gasteiger partial charge in [0.25, 0.3) is 5.56 Å². The van der Waals surface area contributed by atoms with E-state index in [2.05, 4.69) is 0 Å². The largest absolute Gasteiger partial charge is 0.370 e. The highest BCUT2D eigenvalue weighted by molar-refractivity contribution is 5.79. The first kappa shape index (κ1) is 15.1. The number of fused-ring (bicyclic) bond motifs is 1. The van der Waals surface area contributed by atoms with Gasteiger partial charge in [-0.15, -0.1) is 0 Å². The number of nitrogens with one attached hydrogen (secondary N) is 1. The molecule has 2 heterocycles. The molecular formula is C19H20N3O2+. The van der Waals surface area contributed by atoms with E-state index in [0.717, 1.165) is 43.2 Å². The predicted octanol–water partition coefficient (Wildman–Crippen LogP) is 0.936. The standard InChI is InChI=1S/C19H19N3O2/c23-19-16-8-4-5-9-17(16)20-18(15-6-2-1-3-7-15)22(19)14-21-10-12-24-13-11-21/h1-9H,10-14H2/p+1. The number of hydrogen-bond acceptors (Lipinski definition) is 3. The summed E-state index contributed by atoms with van der Waals surface area (Å²) in [6.45, 7) is 3.92. The molecule has 4 rings (SSSR count). The van der Waals surface area contributed by atoms with E-state index in [1.165, 1.54) is 4.90 Å². The maximum Gasteiger partial charge on any atom is 0.266 e. The highest BCUT2D eigenvalue weighted by Crippen LogP contribution is 2.18. The SMILES string of the molecule is O=c1c2ccccc2nc(-c2ccccc2)n1C[NH+]1CCOCC1. The molecule has 0 radical (unpaired) electrons. The van der Waals surface area contributed by atoms with Gasteiger partial charge in [0, 0.05) is 5.56 Å². The molecule has 0 bridgehead atoms. The van der Waals surface area contributed by atoms with Gasteiger partial charge in [-0.2, -0.15) is 0 Å². The summed E-state index contributed by atoms with van der Waals surface area (Å²) in [5.74, 6) is 0.735. The Labute approximate surface area is 140 Å². The van der Waals surface area contributed by atoms with Crippen LogP contribution in [0.2, 0.25) is 0 Å². The highest BCUT2D eigenvalue weighted by atomic mass is 16.5. The lowest BCUT2D eigenvalue weighted by Gasteiger charge is -2.25. The molecule has 0 unspecified atom stereocenters. The Bertz CT molecular complexity index is 899. The highest BCUT2D eigenvalue weighted by Gasteiger charge is 2.19. The minimum Gasteiger partial charge on any atom is -0.370 e. The monoisotopic (exact) mass is 322 g/mol. The average molecular weight is 322 g/mol. The summed E-state index contributed by atoms with van der Waals surface area (Å²) in [6, 6.07) is 17.5. The second-order valence-corrected chi connectivity index (χ2v) is 6.07. The maximum atomic E-state index is 13.1. The quantitative estimate of drug-likeness (QED) is 0.781. The Balaban J connectivity index is 1.88. The number of aromatic nitrogens is 2. The van der Waals surface area contributed by atoms with Crippen molar-refractivity contribution >= 4 is 10.9 Å². The molecule has 0 atom stereocenters. The zero-order valence-electron chi connectivity index (χ0n) is 13.4. The molecule has 0 amide bonds. The van der Waals surface area contributed by atoms with Gasteiger partial charge in [-0.3, -0.25) is 4.79 Å². The molecule has 3 aromatic rings. The van der Waals surface area contributed by atoms with Crippen LogP contribution in [0, 0.1) is 0 Å². The van der Waals surface area contributed by atoms with Gasteiger partial charge in [-0.1, -0.05) is 42.5 Å². The fourth-order valence-electron chi connectivity index (χ4n) is 3.16. The first-order valence-corrected chi connectivity index (χ1v) is 8.29. The third-order valence-corrected chi connectivity index (χ3v) is 4.48. The normalized spacial score (nSPS) is 15.7. The summed E-state index contributed by atoms with van der Waals surface area (Å²) >= 11 is 0. The number of morpholine rings is 1. The van der Waals surface area contributed by atoms with Crippen molar-refractivity contribution in [2.24, 2.45) is 0 Å². The first-order valence-electron chi connectivity index (χ1n) is 8.29. The lowest BCUT2D eigenvalue weighted by Crippen LogP contribution is -3.13. The molecule has 2 aromatic carbocycles. The van der Waals surface area contributed by atoms with Crippen LogP contribution in [0.5, 0.6) is 0 Å². The van der Waals surface area contributed by atoms with Crippen LogP contribution < -0.4 is 10.5 Å². The van der Waals surface area contributed by atoms with Gasteiger partial charge in [0.1, 0.15) is 18.9 Å². The topological polar surface area (TPSA) is 48.6 Å². The van der Waals surface area contributed by atoms with Crippen molar-refractivity contribution in [3.05, 3.63) is 65.0 Å². The van der Waals surface area contributed by atoms with E-state index >= 15 is 0 Å². The van der Waals surface area contributed by atoms with Gasteiger partial charge in [0.15, 0.2) is 6.67 Å². The Kier molecular flexibility index (Phi) is 4.11.